The van der Waals surface area contributed by atoms with E-state index in [-0.39, 0.29) is 17.8 Å². The first-order valence-electron chi connectivity index (χ1n) is 6.78. The van der Waals surface area contributed by atoms with E-state index in [1.165, 1.54) is 16.8 Å². The number of aryl methyl sites for hydroxylation is 1. The van der Waals surface area contributed by atoms with E-state index in [1.54, 1.807) is 24.3 Å². The number of aromatic nitrogens is 2. The summed E-state index contributed by atoms with van der Waals surface area (Å²) in [6, 6.07) is 7.88. The van der Waals surface area contributed by atoms with Crippen molar-refractivity contribution in [1.29, 1.82) is 0 Å². The Kier molecular flexibility index (Phi) is 4.77. The lowest BCUT2D eigenvalue weighted by Crippen LogP contribution is -2.39. The second kappa shape index (κ2) is 6.56. The Bertz CT molecular complexity index is 736. The van der Waals surface area contributed by atoms with E-state index < -0.39 is 7.12 Å². The van der Waals surface area contributed by atoms with Crippen molar-refractivity contribution >= 4 is 12.6 Å². The molecular weight excluding hydrogens is 271 g/mol. The van der Waals surface area contributed by atoms with Gasteiger partial charge >= 0.3 is 12.8 Å². The Balaban J connectivity index is 2.40. The second-order valence-corrected chi connectivity index (χ2v) is 4.83. The Morgan fingerprint density at radius 1 is 1.19 bits per heavy atom. The number of rotatable bonds is 5. The highest BCUT2D eigenvalue weighted by Crippen LogP contribution is 1.98. The quantitative estimate of drug-likeness (QED) is 0.702. The van der Waals surface area contributed by atoms with Crippen molar-refractivity contribution in [1.82, 2.24) is 9.13 Å². The maximum Gasteiger partial charge on any atom is 0.488 e. The van der Waals surface area contributed by atoms with Gasteiger partial charge in [0.05, 0.1) is 6.54 Å². The summed E-state index contributed by atoms with van der Waals surface area (Å²) in [4.78, 5) is 24.1. The fourth-order valence-corrected chi connectivity index (χ4v) is 2.15. The SMILES string of the molecule is CCCn1ccc(=O)n(Cc2cccc(B(O)O)c2)c1=O. The molecule has 1 aromatic carbocycles. The number of benzene rings is 1. The first-order valence-corrected chi connectivity index (χ1v) is 6.78. The highest BCUT2D eigenvalue weighted by molar-refractivity contribution is 6.58. The van der Waals surface area contributed by atoms with Crippen LogP contribution >= 0.6 is 0 Å². The van der Waals surface area contributed by atoms with E-state index >= 15 is 0 Å². The van der Waals surface area contributed by atoms with Gasteiger partial charge in [-0.1, -0.05) is 31.2 Å². The summed E-state index contributed by atoms with van der Waals surface area (Å²) in [5, 5.41) is 18.3. The maximum atomic E-state index is 12.2. The van der Waals surface area contributed by atoms with Crippen LogP contribution in [-0.4, -0.2) is 26.3 Å². The Morgan fingerprint density at radius 3 is 2.62 bits per heavy atom. The summed E-state index contributed by atoms with van der Waals surface area (Å²) >= 11 is 0. The molecule has 2 aromatic rings. The third-order valence-corrected chi connectivity index (χ3v) is 3.19. The zero-order valence-electron chi connectivity index (χ0n) is 11.8. The monoisotopic (exact) mass is 288 g/mol. The van der Waals surface area contributed by atoms with Gasteiger partial charge in [-0.05, 0) is 17.4 Å². The first-order chi connectivity index (χ1) is 10.0. The third-order valence-electron chi connectivity index (χ3n) is 3.19. The lowest BCUT2D eigenvalue weighted by atomic mass is 9.79. The molecule has 0 radical (unpaired) electrons. The molecule has 1 heterocycles. The molecule has 0 aliphatic heterocycles. The van der Waals surface area contributed by atoms with Crippen LogP contribution in [0.4, 0.5) is 0 Å². The van der Waals surface area contributed by atoms with Gasteiger partial charge in [-0.15, -0.1) is 0 Å². The minimum absolute atomic E-state index is 0.1000. The van der Waals surface area contributed by atoms with E-state index in [9.17, 15) is 9.59 Å². The zero-order chi connectivity index (χ0) is 15.4. The molecule has 0 fully saturated rings. The van der Waals surface area contributed by atoms with Crippen LogP contribution in [-0.2, 0) is 13.1 Å². The van der Waals surface area contributed by atoms with E-state index in [2.05, 4.69) is 0 Å². The standard InChI is InChI=1S/C14H17BN2O4/c1-2-7-16-8-6-13(18)17(14(16)19)10-11-4-3-5-12(9-11)15(20)21/h3-6,8-9,20-21H,2,7,10H2,1H3. The fraction of sp³-hybridized carbons (Fsp3) is 0.286. The van der Waals surface area contributed by atoms with E-state index in [4.69, 9.17) is 10.0 Å². The Hall–Kier alpha value is -2.12. The van der Waals surface area contributed by atoms with Gasteiger partial charge < -0.3 is 14.6 Å². The Morgan fingerprint density at radius 2 is 1.95 bits per heavy atom. The molecule has 110 valence electrons. The predicted octanol–water partition coefficient (Wildman–Crippen LogP) is -0.852. The zero-order valence-corrected chi connectivity index (χ0v) is 11.8. The largest absolute Gasteiger partial charge is 0.488 e. The summed E-state index contributed by atoms with van der Waals surface area (Å²) in [5.74, 6) is 0. The molecule has 6 nitrogen and oxygen atoms in total. The lowest BCUT2D eigenvalue weighted by Gasteiger charge is -2.10. The molecule has 2 N–H and O–H groups in total. The molecule has 1 aromatic heterocycles. The molecule has 0 atom stereocenters. The predicted molar refractivity (Wildman–Crippen MR) is 80.6 cm³/mol. The molecule has 21 heavy (non-hydrogen) atoms. The molecule has 0 unspecified atom stereocenters. The van der Waals surface area contributed by atoms with E-state index in [0.29, 0.717) is 17.6 Å². The van der Waals surface area contributed by atoms with E-state index in [1.807, 2.05) is 6.92 Å². The van der Waals surface area contributed by atoms with Gasteiger partial charge in [0.1, 0.15) is 0 Å². The third kappa shape index (κ3) is 3.50. The van der Waals surface area contributed by atoms with Crippen molar-refractivity contribution in [3.63, 3.8) is 0 Å². The second-order valence-electron chi connectivity index (χ2n) is 4.83. The summed E-state index contributed by atoms with van der Waals surface area (Å²) in [6.07, 6.45) is 2.29. The number of nitrogens with zero attached hydrogens (tertiary/aromatic N) is 2. The molecular formula is C14H17BN2O4. The molecule has 2 rings (SSSR count). The van der Waals surface area contributed by atoms with Crippen molar-refractivity contribution in [3.05, 3.63) is 62.9 Å². The van der Waals surface area contributed by atoms with Gasteiger partial charge in [0, 0.05) is 18.8 Å². The van der Waals surface area contributed by atoms with Crippen molar-refractivity contribution < 1.29 is 10.0 Å². The molecule has 0 saturated heterocycles. The average Bonchev–Trinajstić information content (AvgIpc) is 2.47. The summed E-state index contributed by atoms with van der Waals surface area (Å²) < 4.78 is 2.63. The van der Waals surface area contributed by atoms with Gasteiger partial charge in [0.25, 0.3) is 5.56 Å². The smallest absolute Gasteiger partial charge is 0.423 e. The molecule has 7 heteroatoms. The fourth-order valence-electron chi connectivity index (χ4n) is 2.15. The minimum atomic E-state index is -1.57. The summed E-state index contributed by atoms with van der Waals surface area (Å²) in [6.45, 7) is 2.60. The van der Waals surface area contributed by atoms with E-state index in [0.717, 1.165) is 11.0 Å². The topological polar surface area (TPSA) is 84.5 Å². The van der Waals surface area contributed by atoms with Crippen LogP contribution in [0.5, 0.6) is 0 Å². The molecule has 0 aliphatic carbocycles. The van der Waals surface area contributed by atoms with Gasteiger partial charge in [-0.2, -0.15) is 0 Å². The molecule has 0 amide bonds. The van der Waals surface area contributed by atoms with Crippen LogP contribution in [0.2, 0.25) is 0 Å². The molecule has 0 bridgehead atoms. The van der Waals surface area contributed by atoms with Crippen LogP contribution in [0.25, 0.3) is 0 Å². The normalized spacial score (nSPS) is 10.6. The van der Waals surface area contributed by atoms with Crippen molar-refractivity contribution in [2.75, 3.05) is 0 Å². The van der Waals surface area contributed by atoms with Gasteiger partial charge in [-0.3, -0.25) is 9.36 Å². The summed E-state index contributed by atoms with van der Waals surface area (Å²) in [7, 11) is -1.57. The summed E-state index contributed by atoms with van der Waals surface area (Å²) in [5.41, 5.74) is 0.251. The Labute approximate surface area is 122 Å². The minimum Gasteiger partial charge on any atom is -0.423 e. The van der Waals surface area contributed by atoms with Crippen molar-refractivity contribution in [2.24, 2.45) is 0 Å². The van der Waals surface area contributed by atoms with Crippen LogP contribution in [0, 0.1) is 0 Å². The van der Waals surface area contributed by atoms with Crippen LogP contribution < -0.4 is 16.7 Å². The highest BCUT2D eigenvalue weighted by atomic mass is 16.4. The first kappa shape index (κ1) is 15.3. The number of hydrogen-bond donors (Lipinski definition) is 2. The number of hydrogen-bond acceptors (Lipinski definition) is 4. The molecule has 0 aliphatic rings. The lowest BCUT2D eigenvalue weighted by molar-refractivity contribution is 0.425. The van der Waals surface area contributed by atoms with Gasteiger partial charge in [0.2, 0.25) is 0 Å². The molecule has 0 saturated carbocycles. The van der Waals surface area contributed by atoms with Crippen LogP contribution in [0.1, 0.15) is 18.9 Å². The van der Waals surface area contributed by atoms with Gasteiger partial charge in [-0.25, -0.2) is 4.79 Å². The van der Waals surface area contributed by atoms with Crippen LogP contribution in [0.3, 0.4) is 0 Å². The molecule has 0 spiro atoms. The highest BCUT2D eigenvalue weighted by Gasteiger charge is 2.12. The van der Waals surface area contributed by atoms with Crippen LogP contribution in [0.15, 0.2) is 46.1 Å². The van der Waals surface area contributed by atoms with Crippen molar-refractivity contribution in [3.8, 4) is 0 Å². The average molecular weight is 288 g/mol. The van der Waals surface area contributed by atoms with Gasteiger partial charge in [0.15, 0.2) is 0 Å². The maximum absolute atomic E-state index is 12.2. The van der Waals surface area contributed by atoms with Crippen molar-refractivity contribution in [2.45, 2.75) is 26.4 Å².